The molecular formula is C12H15NO4. The Morgan fingerprint density at radius 2 is 1.94 bits per heavy atom. The molecule has 0 radical (unpaired) electrons. The summed E-state index contributed by atoms with van der Waals surface area (Å²) in [6, 6.07) is 6.33. The molecule has 1 aromatic rings. The van der Waals surface area contributed by atoms with Gasteiger partial charge in [-0.3, -0.25) is 9.59 Å². The third kappa shape index (κ3) is 4.55. The topological polar surface area (TPSA) is 75.6 Å². The number of carbonyl (C=O) groups excluding carboxylic acids is 1. The van der Waals surface area contributed by atoms with Crippen molar-refractivity contribution in [3.05, 3.63) is 29.8 Å². The molecular weight excluding hydrogens is 222 g/mol. The zero-order valence-corrected chi connectivity index (χ0v) is 9.77. The van der Waals surface area contributed by atoms with Crippen LogP contribution in [0.15, 0.2) is 24.3 Å². The van der Waals surface area contributed by atoms with Crippen LogP contribution in [0.1, 0.15) is 12.5 Å². The van der Waals surface area contributed by atoms with E-state index in [2.05, 4.69) is 5.32 Å². The molecule has 0 unspecified atom stereocenters. The minimum Gasteiger partial charge on any atom is -0.484 e. The maximum Gasteiger partial charge on any atom is 0.325 e. The van der Waals surface area contributed by atoms with Crippen molar-refractivity contribution >= 4 is 11.9 Å². The third-order valence-corrected chi connectivity index (χ3v) is 2.14. The van der Waals surface area contributed by atoms with Crippen molar-refractivity contribution in [3.8, 4) is 5.75 Å². The van der Waals surface area contributed by atoms with Crippen LogP contribution in [0.3, 0.4) is 0 Å². The summed E-state index contributed by atoms with van der Waals surface area (Å²) in [7, 11) is 0. The van der Waals surface area contributed by atoms with Crippen molar-refractivity contribution in [2.45, 2.75) is 19.9 Å². The fraction of sp³-hybridized carbons (Fsp3) is 0.333. The summed E-state index contributed by atoms with van der Waals surface area (Å²) in [5.41, 5.74) is 1.10. The van der Waals surface area contributed by atoms with E-state index in [1.165, 1.54) is 6.92 Å². The number of aryl methyl sites for hydroxylation is 1. The lowest BCUT2D eigenvalue weighted by atomic mass is 10.2. The summed E-state index contributed by atoms with van der Waals surface area (Å²) in [5, 5.41) is 10.9. The number of carbonyl (C=O) groups is 2. The van der Waals surface area contributed by atoms with E-state index in [9.17, 15) is 9.59 Å². The van der Waals surface area contributed by atoms with Gasteiger partial charge in [0, 0.05) is 0 Å². The van der Waals surface area contributed by atoms with Crippen LogP contribution >= 0.6 is 0 Å². The molecule has 0 heterocycles. The second-order valence-corrected chi connectivity index (χ2v) is 3.73. The SMILES string of the molecule is Cc1ccc(OCC(=O)N[C@@H](C)C(=O)O)cc1. The predicted molar refractivity (Wildman–Crippen MR) is 61.9 cm³/mol. The van der Waals surface area contributed by atoms with Crippen molar-refractivity contribution < 1.29 is 19.4 Å². The van der Waals surface area contributed by atoms with Gasteiger partial charge in [-0.05, 0) is 26.0 Å². The Kier molecular flexibility index (Phi) is 4.51. The molecule has 1 atom stereocenters. The quantitative estimate of drug-likeness (QED) is 0.799. The average Bonchev–Trinajstić information content (AvgIpc) is 2.28. The van der Waals surface area contributed by atoms with E-state index in [4.69, 9.17) is 9.84 Å². The molecule has 1 amide bonds. The molecule has 92 valence electrons. The lowest BCUT2D eigenvalue weighted by Gasteiger charge is -2.10. The first-order valence-electron chi connectivity index (χ1n) is 5.20. The van der Waals surface area contributed by atoms with Gasteiger partial charge in [-0.25, -0.2) is 0 Å². The van der Waals surface area contributed by atoms with Gasteiger partial charge in [0.2, 0.25) is 0 Å². The lowest BCUT2D eigenvalue weighted by molar-refractivity contribution is -0.141. The maximum absolute atomic E-state index is 11.3. The van der Waals surface area contributed by atoms with Crippen LogP contribution in [0.25, 0.3) is 0 Å². The first kappa shape index (κ1) is 13.0. The highest BCUT2D eigenvalue weighted by Crippen LogP contribution is 2.10. The van der Waals surface area contributed by atoms with Crippen molar-refractivity contribution in [1.29, 1.82) is 0 Å². The lowest BCUT2D eigenvalue weighted by Crippen LogP contribution is -2.40. The highest BCUT2D eigenvalue weighted by Gasteiger charge is 2.13. The number of hydrogen-bond donors (Lipinski definition) is 2. The number of hydrogen-bond acceptors (Lipinski definition) is 3. The molecule has 0 aliphatic heterocycles. The molecule has 1 rings (SSSR count). The van der Waals surface area contributed by atoms with Crippen LogP contribution in [-0.4, -0.2) is 29.6 Å². The summed E-state index contributed by atoms with van der Waals surface area (Å²) in [6.07, 6.45) is 0. The number of carboxylic acid groups (broad SMARTS) is 1. The number of nitrogens with one attached hydrogen (secondary N) is 1. The number of aliphatic carboxylic acids is 1. The van der Waals surface area contributed by atoms with Crippen molar-refractivity contribution in [3.63, 3.8) is 0 Å². The second kappa shape index (κ2) is 5.89. The van der Waals surface area contributed by atoms with E-state index >= 15 is 0 Å². The number of amides is 1. The van der Waals surface area contributed by atoms with Crippen molar-refractivity contribution in [2.75, 3.05) is 6.61 Å². The molecule has 0 saturated carbocycles. The van der Waals surface area contributed by atoms with E-state index in [0.717, 1.165) is 5.56 Å². The van der Waals surface area contributed by atoms with E-state index in [1.54, 1.807) is 12.1 Å². The fourth-order valence-electron chi connectivity index (χ4n) is 1.13. The Bertz CT molecular complexity index is 399. The minimum atomic E-state index is -1.08. The molecule has 2 N–H and O–H groups in total. The molecule has 0 bridgehead atoms. The summed E-state index contributed by atoms with van der Waals surface area (Å²) in [6.45, 7) is 3.15. The molecule has 0 aromatic heterocycles. The van der Waals surface area contributed by atoms with Gasteiger partial charge in [0.15, 0.2) is 6.61 Å². The van der Waals surface area contributed by atoms with Crippen LogP contribution in [0.4, 0.5) is 0 Å². The molecule has 5 nitrogen and oxygen atoms in total. The van der Waals surface area contributed by atoms with Crippen LogP contribution in [0.5, 0.6) is 5.75 Å². The number of rotatable bonds is 5. The summed E-state index contributed by atoms with van der Waals surface area (Å²) >= 11 is 0. The summed E-state index contributed by atoms with van der Waals surface area (Å²) in [5.74, 6) is -0.956. The van der Waals surface area contributed by atoms with Crippen molar-refractivity contribution in [1.82, 2.24) is 5.32 Å². The van der Waals surface area contributed by atoms with Crippen LogP contribution < -0.4 is 10.1 Å². The molecule has 0 aliphatic carbocycles. The largest absolute Gasteiger partial charge is 0.484 e. The first-order chi connectivity index (χ1) is 7.99. The van der Waals surface area contributed by atoms with Crippen LogP contribution in [0.2, 0.25) is 0 Å². The zero-order chi connectivity index (χ0) is 12.8. The molecule has 5 heteroatoms. The highest BCUT2D eigenvalue weighted by molar-refractivity contribution is 5.84. The van der Waals surface area contributed by atoms with E-state index < -0.39 is 17.9 Å². The van der Waals surface area contributed by atoms with Gasteiger partial charge in [0.1, 0.15) is 11.8 Å². The van der Waals surface area contributed by atoms with Gasteiger partial charge >= 0.3 is 5.97 Å². The van der Waals surface area contributed by atoms with Gasteiger partial charge in [0.25, 0.3) is 5.91 Å². The van der Waals surface area contributed by atoms with Crippen LogP contribution in [0, 0.1) is 6.92 Å². The Morgan fingerprint density at radius 1 is 1.35 bits per heavy atom. The molecule has 17 heavy (non-hydrogen) atoms. The number of ether oxygens (including phenoxy) is 1. The molecule has 0 spiro atoms. The normalized spacial score (nSPS) is 11.6. The van der Waals surface area contributed by atoms with Gasteiger partial charge in [-0.15, -0.1) is 0 Å². The summed E-state index contributed by atoms with van der Waals surface area (Å²) in [4.78, 5) is 21.8. The van der Waals surface area contributed by atoms with Gasteiger partial charge in [-0.2, -0.15) is 0 Å². The fourth-order valence-corrected chi connectivity index (χ4v) is 1.13. The zero-order valence-electron chi connectivity index (χ0n) is 9.77. The van der Waals surface area contributed by atoms with Crippen LogP contribution in [-0.2, 0) is 9.59 Å². The molecule has 0 aliphatic rings. The van der Waals surface area contributed by atoms with E-state index in [1.807, 2.05) is 19.1 Å². The first-order valence-corrected chi connectivity index (χ1v) is 5.20. The Labute approximate surface area is 99.4 Å². The van der Waals surface area contributed by atoms with Crippen molar-refractivity contribution in [2.24, 2.45) is 0 Å². The minimum absolute atomic E-state index is 0.194. The Morgan fingerprint density at radius 3 is 2.47 bits per heavy atom. The monoisotopic (exact) mass is 237 g/mol. The third-order valence-electron chi connectivity index (χ3n) is 2.14. The Hall–Kier alpha value is -2.04. The molecule has 1 aromatic carbocycles. The average molecular weight is 237 g/mol. The highest BCUT2D eigenvalue weighted by atomic mass is 16.5. The number of carboxylic acids is 1. The number of benzene rings is 1. The standard InChI is InChI=1S/C12H15NO4/c1-8-3-5-10(6-4-8)17-7-11(14)13-9(2)12(15)16/h3-6,9H,7H2,1-2H3,(H,13,14)(H,15,16)/t9-/m0/s1. The predicted octanol–water partition coefficient (Wildman–Crippen LogP) is 0.963. The second-order valence-electron chi connectivity index (χ2n) is 3.73. The van der Waals surface area contributed by atoms with Gasteiger partial charge in [-0.1, -0.05) is 17.7 Å². The van der Waals surface area contributed by atoms with Gasteiger partial charge < -0.3 is 15.2 Å². The summed E-state index contributed by atoms with van der Waals surface area (Å²) < 4.78 is 5.20. The molecule has 0 fully saturated rings. The molecule has 0 saturated heterocycles. The van der Waals surface area contributed by atoms with Gasteiger partial charge in [0.05, 0.1) is 0 Å². The maximum atomic E-state index is 11.3. The van der Waals surface area contributed by atoms with E-state index in [0.29, 0.717) is 5.75 Å². The Balaban J connectivity index is 2.38. The smallest absolute Gasteiger partial charge is 0.325 e. The van der Waals surface area contributed by atoms with E-state index in [-0.39, 0.29) is 6.61 Å².